The van der Waals surface area contributed by atoms with E-state index in [9.17, 15) is 9.18 Å². The van der Waals surface area contributed by atoms with E-state index in [1.807, 2.05) is 40.9 Å². The molecule has 2 aromatic heterocycles. The number of rotatable bonds is 4. The molecule has 4 heterocycles. The molecule has 174 valence electrons. The lowest BCUT2D eigenvalue weighted by atomic mass is 9.94. The number of fused-ring (bicyclic) bond motifs is 1. The lowest BCUT2D eigenvalue weighted by Gasteiger charge is -2.39. The van der Waals surface area contributed by atoms with E-state index in [0.717, 1.165) is 73.7 Å². The van der Waals surface area contributed by atoms with Crippen molar-refractivity contribution in [2.24, 2.45) is 5.92 Å². The van der Waals surface area contributed by atoms with Crippen molar-refractivity contribution in [1.29, 1.82) is 0 Å². The third-order valence-electron chi connectivity index (χ3n) is 7.05. The van der Waals surface area contributed by atoms with Crippen molar-refractivity contribution in [1.82, 2.24) is 19.7 Å². The molecule has 2 saturated heterocycles. The van der Waals surface area contributed by atoms with Crippen LogP contribution in [-0.4, -0.2) is 64.8 Å². The van der Waals surface area contributed by atoms with Gasteiger partial charge in [-0.15, -0.1) is 0 Å². The number of pyridine rings is 1. The Morgan fingerprint density at radius 1 is 1.00 bits per heavy atom. The highest BCUT2D eigenvalue weighted by molar-refractivity contribution is 5.91. The first kappa shape index (κ1) is 21.7. The molecule has 0 N–H and O–H groups in total. The van der Waals surface area contributed by atoms with Gasteiger partial charge in [0.15, 0.2) is 5.82 Å². The molecule has 0 radical (unpaired) electrons. The highest BCUT2D eigenvalue weighted by atomic mass is 19.1. The van der Waals surface area contributed by atoms with Crippen LogP contribution in [0.15, 0.2) is 36.5 Å². The van der Waals surface area contributed by atoms with Gasteiger partial charge in [-0.05, 0) is 57.0 Å². The predicted octanol–water partition coefficient (Wildman–Crippen LogP) is 3.46. The summed E-state index contributed by atoms with van der Waals surface area (Å²) in [7, 11) is 0. The summed E-state index contributed by atoms with van der Waals surface area (Å²) in [6.07, 6.45) is 3.55. The van der Waals surface area contributed by atoms with Crippen LogP contribution in [0.3, 0.4) is 0 Å². The molecule has 7 nitrogen and oxygen atoms in total. The molecule has 0 spiro atoms. The van der Waals surface area contributed by atoms with Gasteiger partial charge in [0.2, 0.25) is 5.91 Å². The fraction of sp³-hybridized carbons (Fsp3) is 0.480. The lowest BCUT2D eigenvalue weighted by Crippen LogP contribution is -2.51. The molecular weight excluding hydrogens is 419 g/mol. The van der Waals surface area contributed by atoms with E-state index in [4.69, 9.17) is 4.98 Å². The number of piperazine rings is 1. The molecule has 2 aliphatic rings. The molecule has 0 bridgehead atoms. The van der Waals surface area contributed by atoms with E-state index in [2.05, 4.69) is 21.8 Å². The maximum absolute atomic E-state index is 13.2. The molecule has 33 heavy (non-hydrogen) atoms. The van der Waals surface area contributed by atoms with Crippen LogP contribution in [-0.2, 0) is 11.3 Å². The van der Waals surface area contributed by atoms with Crippen LogP contribution in [0, 0.1) is 18.7 Å². The van der Waals surface area contributed by atoms with Crippen molar-refractivity contribution in [2.45, 2.75) is 33.2 Å². The second-order valence-corrected chi connectivity index (χ2v) is 8.98. The third-order valence-corrected chi connectivity index (χ3v) is 7.05. The zero-order valence-corrected chi connectivity index (χ0v) is 19.4. The Morgan fingerprint density at radius 2 is 1.70 bits per heavy atom. The highest BCUT2D eigenvalue weighted by Crippen LogP contribution is 2.30. The van der Waals surface area contributed by atoms with Gasteiger partial charge in [0, 0.05) is 69.0 Å². The summed E-state index contributed by atoms with van der Waals surface area (Å²) >= 11 is 0. The molecule has 0 unspecified atom stereocenters. The van der Waals surface area contributed by atoms with Crippen LogP contribution in [0.25, 0.3) is 10.9 Å². The number of carbonyl (C=O) groups is 1. The normalized spacial score (nSPS) is 17.7. The smallest absolute Gasteiger partial charge is 0.225 e. The number of piperidine rings is 1. The quantitative estimate of drug-likeness (QED) is 0.609. The first-order valence-electron chi connectivity index (χ1n) is 11.9. The average molecular weight is 451 g/mol. The van der Waals surface area contributed by atoms with Crippen LogP contribution < -0.4 is 9.80 Å². The van der Waals surface area contributed by atoms with E-state index in [0.29, 0.717) is 13.1 Å². The summed E-state index contributed by atoms with van der Waals surface area (Å²) in [6, 6.07) is 8.64. The molecule has 1 aromatic carbocycles. The van der Waals surface area contributed by atoms with Crippen molar-refractivity contribution in [2.75, 3.05) is 49.1 Å². The summed E-state index contributed by atoms with van der Waals surface area (Å²) < 4.78 is 15.2. The predicted molar refractivity (Wildman–Crippen MR) is 128 cm³/mol. The van der Waals surface area contributed by atoms with Crippen molar-refractivity contribution < 1.29 is 9.18 Å². The van der Waals surface area contributed by atoms with Crippen LogP contribution in [0.4, 0.5) is 15.9 Å². The highest BCUT2D eigenvalue weighted by Gasteiger charge is 2.31. The molecule has 1 amide bonds. The molecule has 3 aromatic rings. The Labute approximate surface area is 193 Å². The number of aromatic nitrogens is 3. The van der Waals surface area contributed by atoms with Crippen LogP contribution >= 0.6 is 0 Å². The first-order valence-corrected chi connectivity index (χ1v) is 11.9. The number of nitrogens with zero attached hydrogens (tertiary/aromatic N) is 6. The van der Waals surface area contributed by atoms with Gasteiger partial charge in [-0.25, -0.2) is 9.37 Å². The Kier molecular flexibility index (Phi) is 5.91. The van der Waals surface area contributed by atoms with Gasteiger partial charge in [0.25, 0.3) is 0 Å². The minimum Gasteiger partial charge on any atom is -0.368 e. The maximum atomic E-state index is 13.2. The Hall–Kier alpha value is -3.16. The average Bonchev–Trinajstić information content (AvgIpc) is 3.20. The first-order chi connectivity index (χ1) is 16.0. The van der Waals surface area contributed by atoms with E-state index in [1.165, 1.54) is 12.1 Å². The van der Waals surface area contributed by atoms with Crippen LogP contribution in [0.1, 0.15) is 25.5 Å². The van der Waals surface area contributed by atoms with Gasteiger partial charge < -0.3 is 14.7 Å². The van der Waals surface area contributed by atoms with Crippen molar-refractivity contribution in [3.63, 3.8) is 0 Å². The minimum absolute atomic E-state index is 0.0654. The minimum atomic E-state index is -0.223. The summed E-state index contributed by atoms with van der Waals surface area (Å²) in [4.78, 5) is 24.4. The topological polar surface area (TPSA) is 57.5 Å². The van der Waals surface area contributed by atoms with Gasteiger partial charge in [0.05, 0.1) is 5.69 Å². The summed E-state index contributed by atoms with van der Waals surface area (Å²) in [5, 5.41) is 5.82. The van der Waals surface area contributed by atoms with E-state index < -0.39 is 0 Å². The van der Waals surface area contributed by atoms with Crippen LogP contribution in [0.5, 0.6) is 0 Å². The lowest BCUT2D eigenvalue weighted by molar-refractivity contribution is -0.136. The molecule has 0 atom stereocenters. The number of amides is 1. The third kappa shape index (κ3) is 4.14. The summed E-state index contributed by atoms with van der Waals surface area (Å²) in [5.74, 6) is 1.10. The zero-order valence-electron chi connectivity index (χ0n) is 19.4. The van der Waals surface area contributed by atoms with E-state index in [1.54, 1.807) is 0 Å². The Balaban J connectivity index is 1.20. The number of anilines is 2. The maximum Gasteiger partial charge on any atom is 0.225 e. The molecule has 2 fully saturated rings. The zero-order chi connectivity index (χ0) is 22.9. The van der Waals surface area contributed by atoms with Gasteiger partial charge in [0.1, 0.15) is 11.3 Å². The SMILES string of the molecule is CCn1nc(C)c2ccnc(N3CCC(C(=O)N4CCN(c5ccc(F)cc5)CC4)CC3)c21. The van der Waals surface area contributed by atoms with E-state index >= 15 is 0 Å². The standard InChI is InChI=1S/C25H31FN6O/c1-3-32-23-22(18(2)28-32)8-11-27-24(23)30-12-9-19(10-13-30)25(33)31-16-14-29(15-17-31)21-6-4-20(26)5-7-21/h4-8,11,19H,3,9-10,12-17H2,1-2H3. The van der Waals surface area contributed by atoms with E-state index in [-0.39, 0.29) is 17.6 Å². The Bertz CT molecular complexity index is 1130. The van der Waals surface area contributed by atoms with Gasteiger partial charge in [-0.2, -0.15) is 5.10 Å². The largest absolute Gasteiger partial charge is 0.368 e. The number of benzene rings is 1. The van der Waals surface area contributed by atoms with Crippen molar-refractivity contribution >= 4 is 28.3 Å². The fourth-order valence-electron chi connectivity index (χ4n) is 5.17. The van der Waals surface area contributed by atoms with Gasteiger partial charge in [-0.3, -0.25) is 9.48 Å². The fourth-order valence-corrected chi connectivity index (χ4v) is 5.17. The molecule has 2 aliphatic heterocycles. The monoisotopic (exact) mass is 450 g/mol. The number of aryl methyl sites for hydroxylation is 2. The molecule has 0 aliphatic carbocycles. The Morgan fingerprint density at radius 3 is 2.36 bits per heavy atom. The van der Waals surface area contributed by atoms with Crippen LogP contribution in [0.2, 0.25) is 0 Å². The van der Waals surface area contributed by atoms with Gasteiger partial charge in [-0.1, -0.05) is 0 Å². The second-order valence-electron chi connectivity index (χ2n) is 8.98. The molecule has 0 saturated carbocycles. The number of halogens is 1. The molecule has 8 heteroatoms. The molecular formula is C25H31FN6O. The second kappa shape index (κ2) is 9.00. The van der Waals surface area contributed by atoms with Gasteiger partial charge >= 0.3 is 0 Å². The number of carbonyl (C=O) groups excluding carboxylic acids is 1. The molecule has 5 rings (SSSR count). The number of hydrogen-bond acceptors (Lipinski definition) is 5. The van der Waals surface area contributed by atoms with Crippen molar-refractivity contribution in [3.05, 3.63) is 48.0 Å². The summed E-state index contributed by atoms with van der Waals surface area (Å²) in [5.41, 5.74) is 3.14. The number of hydrogen-bond donors (Lipinski definition) is 0. The summed E-state index contributed by atoms with van der Waals surface area (Å²) in [6.45, 7) is 9.59. The van der Waals surface area contributed by atoms with Crippen molar-refractivity contribution in [3.8, 4) is 0 Å².